The molecule has 2 aromatic carbocycles. The van der Waals surface area contributed by atoms with E-state index in [1.165, 1.54) is 31.5 Å². The van der Waals surface area contributed by atoms with E-state index in [1.54, 1.807) is 12.1 Å². The Kier molecular flexibility index (Phi) is 7.06. The van der Waals surface area contributed by atoms with Crippen molar-refractivity contribution >= 4 is 38.1 Å². The van der Waals surface area contributed by atoms with Gasteiger partial charge in [-0.2, -0.15) is 0 Å². The van der Waals surface area contributed by atoms with E-state index in [1.807, 2.05) is 19.2 Å². The molecule has 3 aromatic rings. The van der Waals surface area contributed by atoms with Gasteiger partial charge >= 0.3 is 0 Å². The molecule has 0 atom stereocenters. The molecule has 1 aromatic heterocycles. The number of hydrogen-bond acceptors (Lipinski definition) is 6. The zero-order valence-corrected chi connectivity index (χ0v) is 21.6. The highest BCUT2D eigenvalue weighted by Gasteiger charge is 2.24. The molecule has 0 unspecified atom stereocenters. The van der Waals surface area contributed by atoms with Gasteiger partial charge in [0, 0.05) is 43.8 Å². The Hall–Kier alpha value is -2.75. The molecule has 4 rings (SSSR count). The van der Waals surface area contributed by atoms with Crippen LogP contribution in [0.15, 0.2) is 46.7 Å². The smallest absolute Gasteiger partial charge is 0.259 e. The third-order valence-electron chi connectivity index (χ3n) is 6.08. The number of carbonyl (C=O) groups excluding carboxylic acids is 1. The predicted molar refractivity (Wildman–Crippen MR) is 138 cm³/mol. The van der Waals surface area contributed by atoms with Gasteiger partial charge in [0.2, 0.25) is 10.0 Å². The lowest BCUT2D eigenvalue weighted by atomic mass is 10.0. The van der Waals surface area contributed by atoms with Crippen LogP contribution in [0.2, 0.25) is 0 Å². The minimum absolute atomic E-state index is 0.0959. The van der Waals surface area contributed by atoms with Crippen molar-refractivity contribution in [3.8, 4) is 11.3 Å². The first-order chi connectivity index (χ1) is 16.2. The summed E-state index contributed by atoms with van der Waals surface area (Å²) in [6, 6.07) is 11.0. The number of amides is 1. The van der Waals surface area contributed by atoms with Crippen LogP contribution < -0.4 is 10.2 Å². The van der Waals surface area contributed by atoms with E-state index in [0.717, 1.165) is 64.7 Å². The molecular formula is C25H30N4O3S2. The average molecular weight is 499 g/mol. The molecule has 9 heteroatoms. The molecule has 0 bridgehead atoms. The number of sulfonamides is 1. The minimum atomic E-state index is -3.67. The number of benzene rings is 2. The van der Waals surface area contributed by atoms with Crippen LogP contribution in [0, 0.1) is 13.8 Å². The van der Waals surface area contributed by atoms with Crippen LogP contribution in [0.25, 0.3) is 11.3 Å². The van der Waals surface area contributed by atoms with E-state index in [0.29, 0.717) is 10.7 Å². The molecule has 0 spiro atoms. The van der Waals surface area contributed by atoms with Crippen LogP contribution in [-0.4, -0.2) is 50.8 Å². The second-order valence-corrected chi connectivity index (χ2v) is 11.8. The number of thiazole rings is 1. The number of carbonyl (C=O) groups is 1. The summed E-state index contributed by atoms with van der Waals surface area (Å²) in [5.74, 6) is -0.363. The Bertz CT molecular complexity index is 1310. The molecule has 7 nitrogen and oxygen atoms in total. The maximum Gasteiger partial charge on any atom is 0.259 e. The van der Waals surface area contributed by atoms with Crippen molar-refractivity contribution in [2.24, 2.45) is 0 Å². The highest BCUT2D eigenvalue weighted by atomic mass is 32.2. The van der Waals surface area contributed by atoms with Crippen molar-refractivity contribution in [2.45, 2.75) is 38.0 Å². The summed E-state index contributed by atoms with van der Waals surface area (Å²) in [6.45, 7) is 5.75. The van der Waals surface area contributed by atoms with Crippen LogP contribution in [0.1, 0.15) is 40.7 Å². The summed E-state index contributed by atoms with van der Waals surface area (Å²) >= 11 is 1.35. The fourth-order valence-corrected chi connectivity index (χ4v) is 5.74. The van der Waals surface area contributed by atoms with Crippen LogP contribution >= 0.6 is 11.3 Å². The molecule has 1 aliphatic heterocycles. The topological polar surface area (TPSA) is 82.6 Å². The van der Waals surface area contributed by atoms with Crippen LogP contribution in [0.3, 0.4) is 0 Å². The van der Waals surface area contributed by atoms with E-state index < -0.39 is 10.0 Å². The summed E-state index contributed by atoms with van der Waals surface area (Å²) in [7, 11) is -0.704. The number of aromatic nitrogens is 1. The number of aryl methyl sites for hydroxylation is 2. The quantitative estimate of drug-likeness (QED) is 0.522. The van der Waals surface area contributed by atoms with Crippen LogP contribution in [0.5, 0.6) is 0 Å². The second kappa shape index (κ2) is 9.85. The Balaban J connectivity index is 1.67. The lowest BCUT2D eigenvalue weighted by Crippen LogP contribution is -2.32. The third kappa shape index (κ3) is 5.01. The van der Waals surface area contributed by atoms with Gasteiger partial charge in [-0.3, -0.25) is 10.1 Å². The van der Waals surface area contributed by atoms with Gasteiger partial charge in [-0.1, -0.05) is 17.7 Å². The summed E-state index contributed by atoms with van der Waals surface area (Å²) in [6.07, 6.45) is 3.25. The van der Waals surface area contributed by atoms with Gasteiger partial charge in [0.05, 0.1) is 16.2 Å². The summed E-state index contributed by atoms with van der Waals surface area (Å²) in [4.78, 5) is 20.3. The van der Waals surface area contributed by atoms with Gasteiger partial charge in [-0.15, -0.1) is 11.3 Å². The monoisotopic (exact) mass is 498 g/mol. The van der Waals surface area contributed by atoms with Crippen molar-refractivity contribution in [3.05, 3.63) is 58.5 Å². The van der Waals surface area contributed by atoms with Crippen molar-refractivity contribution in [1.82, 2.24) is 9.29 Å². The minimum Gasteiger partial charge on any atom is -0.371 e. The van der Waals surface area contributed by atoms with E-state index in [9.17, 15) is 13.2 Å². The number of rotatable bonds is 6. The Labute approximate surface area is 205 Å². The van der Waals surface area contributed by atoms with Gasteiger partial charge in [-0.05, 0) is 62.9 Å². The molecule has 0 saturated carbocycles. The summed E-state index contributed by atoms with van der Waals surface area (Å²) in [5, 5.41) is 5.31. The van der Waals surface area contributed by atoms with Gasteiger partial charge in [0.1, 0.15) is 0 Å². The molecule has 1 saturated heterocycles. The number of hydrogen-bond donors (Lipinski definition) is 1. The SMILES string of the molecule is Cc1ccc(C)c(-c2csc(NC(=O)c3cc(S(=O)(=O)N(C)C)ccc3N3CCCCC3)n2)c1. The predicted octanol–water partition coefficient (Wildman–Crippen LogP) is 4.92. The fourth-order valence-electron chi connectivity index (χ4n) is 4.11. The molecule has 34 heavy (non-hydrogen) atoms. The zero-order chi connectivity index (χ0) is 24.5. The van der Waals surface area contributed by atoms with Crippen molar-refractivity contribution in [3.63, 3.8) is 0 Å². The molecule has 1 aliphatic rings. The number of anilines is 2. The largest absolute Gasteiger partial charge is 0.371 e. The zero-order valence-electron chi connectivity index (χ0n) is 20.0. The molecule has 1 amide bonds. The first kappa shape index (κ1) is 24.4. The lowest BCUT2D eigenvalue weighted by molar-refractivity contribution is 0.102. The Morgan fingerprint density at radius 3 is 2.50 bits per heavy atom. The second-order valence-electron chi connectivity index (χ2n) is 8.82. The van der Waals surface area contributed by atoms with E-state index >= 15 is 0 Å². The highest BCUT2D eigenvalue weighted by molar-refractivity contribution is 7.89. The van der Waals surface area contributed by atoms with E-state index in [-0.39, 0.29) is 10.8 Å². The van der Waals surface area contributed by atoms with Crippen LogP contribution in [0.4, 0.5) is 10.8 Å². The van der Waals surface area contributed by atoms with E-state index in [2.05, 4.69) is 33.4 Å². The van der Waals surface area contributed by atoms with Crippen molar-refractivity contribution < 1.29 is 13.2 Å². The molecular weight excluding hydrogens is 468 g/mol. The highest BCUT2D eigenvalue weighted by Crippen LogP contribution is 2.31. The van der Waals surface area contributed by atoms with Crippen molar-refractivity contribution in [1.29, 1.82) is 0 Å². The third-order valence-corrected chi connectivity index (χ3v) is 8.65. The molecule has 1 N–H and O–H groups in total. The summed E-state index contributed by atoms with van der Waals surface area (Å²) in [5.41, 5.74) is 5.19. The van der Waals surface area contributed by atoms with Gasteiger partial charge in [0.25, 0.3) is 5.91 Å². The maximum absolute atomic E-state index is 13.4. The fraction of sp³-hybridized carbons (Fsp3) is 0.360. The van der Waals surface area contributed by atoms with Crippen LogP contribution in [-0.2, 0) is 10.0 Å². The first-order valence-electron chi connectivity index (χ1n) is 11.3. The number of piperidine rings is 1. The van der Waals surface area contributed by atoms with Crippen molar-refractivity contribution in [2.75, 3.05) is 37.4 Å². The summed E-state index contributed by atoms with van der Waals surface area (Å²) < 4.78 is 26.6. The molecule has 2 heterocycles. The normalized spacial score (nSPS) is 14.4. The van der Waals surface area contributed by atoms with Gasteiger partial charge < -0.3 is 4.90 Å². The Morgan fingerprint density at radius 1 is 1.06 bits per heavy atom. The standard InChI is InChI=1S/C25H30N4O3S2/c1-17-8-9-18(2)20(14-17)22-16-33-25(26-22)27-24(30)21-15-19(34(31,32)28(3)4)10-11-23(21)29-12-6-5-7-13-29/h8-11,14-16H,5-7,12-13H2,1-4H3,(H,26,27,30). The number of nitrogens with zero attached hydrogens (tertiary/aromatic N) is 3. The van der Waals surface area contributed by atoms with Gasteiger partial charge in [0.15, 0.2) is 5.13 Å². The Morgan fingerprint density at radius 2 is 1.79 bits per heavy atom. The molecule has 1 fully saturated rings. The molecule has 0 aliphatic carbocycles. The molecule has 180 valence electrons. The first-order valence-corrected chi connectivity index (χ1v) is 13.6. The van der Waals surface area contributed by atoms with E-state index in [4.69, 9.17) is 0 Å². The average Bonchev–Trinajstić information content (AvgIpc) is 3.28. The lowest BCUT2D eigenvalue weighted by Gasteiger charge is -2.30. The van der Waals surface area contributed by atoms with Gasteiger partial charge in [-0.25, -0.2) is 17.7 Å². The molecule has 0 radical (unpaired) electrons. The maximum atomic E-state index is 13.4. The number of nitrogens with one attached hydrogen (secondary N) is 1.